The topological polar surface area (TPSA) is 130 Å². The minimum atomic E-state index is -1.41. The Balaban J connectivity index is 4.45. The van der Waals surface area contributed by atoms with Crippen molar-refractivity contribution in [2.75, 3.05) is 59.9 Å². The van der Waals surface area contributed by atoms with E-state index >= 15 is 0 Å². The summed E-state index contributed by atoms with van der Waals surface area (Å²) in [4.78, 5) is 36.3. The van der Waals surface area contributed by atoms with Crippen LogP contribution < -0.4 is 15.3 Å². The summed E-state index contributed by atoms with van der Waals surface area (Å²) < 4.78 is 0. The van der Waals surface area contributed by atoms with Crippen LogP contribution in [-0.2, 0) is 14.4 Å². The summed E-state index contributed by atoms with van der Waals surface area (Å²) in [6, 6.07) is 0. The van der Waals surface area contributed by atoms with Gasteiger partial charge in [-0.05, 0) is 14.1 Å². The molecule has 0 aromatic rings. The van der Waals surface area contributed by atoms with Gasteiger partial charge in [0.15, 0.2) is 0 Å². The Hall–Kier alpha value is -1.71. The first-order chi connectivity index (χ1) is 9.70. The lowest BCUT2D eigenvalue weighted by Gasteiger charge is -2.29. The van der Waals surface area contributed by atoms with Gasteiger partial charge in [-0.25, -0.2) is 0 Å². The zero-order chi connectivity index (χ0) is 16.4. The molecule has 0 saturated carbocycles. The van der Waals surface area contributed by atoms with E-state index in [4.69, 9.17) is 0 Å². The fraction of sp³-hybridized carbons (Fsp3) is 0.750. The summed E-state index contributed by atoms with van der Waals surface area (Å²) in [7, 11) is 3.66. The van der Waals surface area contributed by atoms with E-state index < -0.39 is 31.0 Å². The van der Waals surface area contributed by atoms with Crippen LogP contribution in [0.2, 0.25) is 0 Å². The molecule has 0 bridgehead atoms. The Morgan fingerprint density at radius 3 is 1.38 bits per heavy atom. The number of likely N-dealkylation sites (N-methyl/N-ethyl adjacent to an activating group) is 1. The summed E-state index contributed by atoms with van der Waals surface area (Å²) >= 11 is 0. The summed E-state index contributed by atoms with van der Waals surface area (Å²) in [6.07, 6.45) is 0. The molecular formula is C12H20N3O6-3. The van der Waals surface area contributed by atoms with Crippen molar-refractivity contribution in [3.8, 4) is 0 Å². The molecule has 0 aromatic heterocycles. The smallest absolute Gasteiger partial charge is 0.0555 e. The average molecular weight is 302 g/mol. The standard InChI is InChI=1S/C12H23N3O6/c1-13(2)3-4-14(7-10(16)17)5-6-15(8-11(18)19)9-12(20)21/h3-9H2,1-2H3,(H,16,17)(H,18,19)(H,20,21)/p-3. The second kappa shape index (κ2) is 10.1. The van der Waals surface area contributed by atoms with Crippen LogP contribution in [0.15, 0.2) is 0 Å². The van der Waals surface area contributed by atoms with Crippen LogP contribution >= 0.6 is 0 Å². The van der Waals surface area contributed by atoms with Gasteiger partial charge in [-0.2, -0.15) is 0 Å². The molecule has 0 aliphatic rings. The van der Waals surface area contributed by atoms with E-state index in [1.165, 1.54) is 0 Å². The molecule has 0 aromatic carbocycles. The molecule has 9 heteroatoms. The summed E-state index contributed by atoms with van der Waals surface area (Å²) in [5, 5.41) is 31.7. The third-order valence-electron chi connectivity index (χ3n) is 2.65. The van der Waals surface area contributed by atoms with Crippen LogP contribution in [0.1, 0.15) is 0 Å². The van der Waals surface area contributed by atoms with Gasteiger partial charge in [0.2, 0.25) is 0 Å². The highest BCUT2D eigenvalue weighted by molar-refractivity contribution is 5.70. The highest BCUT2D eigenvalue weighted by atomic mass is 16.4. The predicted molar refractivity (Wildman–Crippen MR) is 66.5 cm³/mol. The second-order valence-corrected chi connectivity index (χ2v) is 4.91. The van der Waals surface area contributed by atoms with Crippen molar-refractivity contribution in [3.63, 3.8) is 0 Å². The third-order valence-corrected chi connectivity index (χ3v) is 2.65. The molecule has 0 radical (unpaired) electrons. The minimum Gasteiger partial charge on any atom is -0.549 e. The van der Waals surface area contributed by atoms with Crippen LogP contribution in [0, 0.1) is 0 Å². The minimum absolute atomic E-state index is 0.0721. The third kappa shape index (κ3) is 11.8. The van der Waals surface area contributed by atoms with Gasteiger partial charge in [-0.15, -0.1) is 0 Å². The molecule has 0 saturated heterocycles. The molecule has 0 aliphatic heterocycles. The first kappa shape index (κ1) is 19.3. The number of hydrogen-bond acceptors (Lipinski definition) is 9. The van der Waals surface area contributed by atoms with Crippen LogP contribution in [0.3, 0.4) is 0 Å². The lowest BCUT2D eigenvalue weighted by Crippen LogP contribution is -2.48. The highest BCUT2D eigenvalue weighted by Gasteiger charge is 2.10. The lowest BCUT2D eigenvalue weighted by molar-refractivity contribution is -0.311. The van der Waals surface area contributed by atoms with Crippen molar-refractivity contribution >= 4 is 17.9 Å². The fourth-order valence-corrected chi connectivity index (χ4v) is 1.66. The van der Waals surface area contributed by atoms with Gasteiger partial charge in [-0.3, -0.25) is 9.80 Å². The van der Waals surface area contributed by atoms with Crippen molar-refractivity contribution in [2.45, 2.75) is 0 Å². The molecule has 0 spiro atoms. The number of rotatable bonds is 12. The largest absolute Gasteiger partial charge is 0.549 e. The maximum absolute atomic E-state index is 10.7. The van der Waals surface area contributed by atoms with Crippen LogP contribution in [0.25, 0.3) is 0 Å². The van der Waals surface area contributed by atoms with Crippen LogP contribution in [0.4, 0.5) is 0 Å². The average Bonchev–Trinajstić information content (AvgIpc) is 2.30. The Morgan fingerprint density at radius 1 is 0.667 bits per heavy atom. The Kier molecular flexibility index (Phi) is 9.26. The van der Waals surface area contributed by atoms with E-state index in [0.29, 0.717) is 13.1 Å². The first-order valence-electron chi connectivity index (χ1n) is 6.39. The number of nitrogens with zero attached hydrogens (tertiary/aromatic N) is 3. The molecule has 122 valence electrons. The first-order valence-corrected chi connectivity index (χ1v) is 6.39. The van der Waals surface area contributed by atoms with Crippen molar-refractivity contribution in [2.24, 2.45) is 0 Å². The molecule has 21 heavy (non-hydrogen) atoms. The molecule has 0 N–H and O–H groups in total. The number of carbonyl (C=O) groups is 3. The van der Waals surface area contributed by atoms with Gasteiger partial charge >= 0.3 is 0 Å². The molecule has 0 rings (SSSR count). The molecule has 0 aliphatic carbocycles. The molecule has 0 heterocycles. The van der Waals surface area contributed by atoms with Gasteiger partial charge in [0.25, 0.3) is 0 Å². The van der Waals surface area contributed by atoms with E-state index in [1.54, 1.807) is 4.90 Å². The van der Waals surface area contributed by atoms with Crippen LogP contribution in [0.5, 0.6) is 0 Å². The van der Waals surface area contributed by atoms with Crippen molar-refractivity contribution < 1.29 is 29.7 Å². The van der Waals surface area contributed by atoms with Crippen molar-refractivity contribution in [3.05, 3.63) is 0 Å². The van der Waals surface area contributed by atoms with Gasteiger partial charge in [-0.1, -0.05) is 0 Å². The number of aliphatic carboxylic acids is 3. The maximum atomic E-state index is 10.7. The normalized spacial score (nSPS) is 11.3. The van der Waals surface area contributed by atoms with Gasteiger partial charge in [0, 0.05) is 45.8 Å². The maximum Gasteiger partial charge on any atom is 0.0555 e. The highest BCUT2D eigenvalue weighted by Crippen LogP contribution is 1.93. The summed E-state index contributed by atoms with van der Waals surface area (Å²) in [6.45, 7) is -0.106. The predicted octanol–water partition coefficient (Wildman–Crippen LogP) is -5.60. The molecule has 0 fully saturated rings. The van der Waals surface area contributed by atoms with Crippen LogP contribution in [-0.4, -0.2) is 92.5 Å². The molecular weight excluding hydrogens is 282 g/mol. The van der Waals surface area contributed by atoms with E-state index in [2.05, 4.69) is 0 Å². The van der Waals surface area contributed by atoms with Gasteiger partial charge in [0.1, 0.15) is 0 Å². The number of hydrogen-bond donors (Lipinski definition) is 0. The SMILES string of the molecule is CN(C)CCN(CCN(CC(=O)[O-])CC(=O)[O-])CC(=O)[O-]. The lowest BCUT2D eigenvalue weighted by atomic mass is 10.3. The van der Waals surface area contributed by atoms with E-state index in [0.717, 1.165) is 4.90 Å². The molecule has 0 unspecified atom stereocenters. The Morgan fingerprint density at radius 2 is 1.00 bits per heavy atom. The number of carboxylic acids is 3. The molecule has 0 amide bonds. The number of carboxylic acid groups (broad SMARTS) is 3. The second-order valence-electron chi connectivity index (χ2n) is 4.91. The van der Waals surface area contributed by atoms with Gasteiger partial charge in [0.05, 0.1) is 17.9 Å². The Labute approximate surface area is 123 Å². The zero-order valence-corrected chi connectivity index (χ0v) is 12.2. The zero-order valence-electron chi connectivity index (χ0n) is 12.2. The molecule has 9 nitrogen and oxygen atoms in total. The quantitative estimate of drug-likeness (QED) is 0.346. The van der Waals surface area contributed by atoms with E-state index in [1.807, 2.05) is 19.0 Å². The van der Waals surface area contributed by atoms with Crippen molar-refractivity contribution in [1.82, 2.24) is 14.7 Å². The van der Waals surface area contributed by atoms with E-state index in [-0.39, 0.29) is 19.6 Å². The van der Waals surface area contributed by atoms with Gasteiger partial charge < -0.3 is 34.6 Å². The summed E-state index contributed by atoms with van der Waals surface area (Å²) in [5.74, 6) is -4.06. The number of carbonyl (C=O) groups excluding carboxylic acids is 3. The fourth-order valence-electron chi connectivity index (χ4n) is 1.66. The Bertz CT molecular complexity index is 345. The van der Waals surface area contributed by atoms with E-state index in [9.17, 15) is 29.7 Å². The summed E-state index contributed by atoms with van der Waals surface area (Å²) in [5.41, 5.74) is 0. The molecule has 0 atom stereocenters. The van der Waals surface area contributed by atoms with Crippen molar-refractivity contribution in [1.29, 1.82) is 0 Å². The monoisotopic (exact) mass is 302 g/mol.